The van der Waals surface area contributed by atoms with Crippen LogP contribution in [-0.4, -0.2) is 31.6 Å². The van der Waals surface area contributed by atoms with E-state index < -0.39 is 5.97 Å². The zero-order valence-electron chi connectivity index (χ0n) is 8.31. The first-order chi connectivity index (χ1) is 7.13. The van der Waals surface area contributed by atoms with E-state index in [1.807, 2.05) is 0 Å². The monoisotopic (exact) mass is 210 g/mol. The average molecular weight is 210 g/mol. The second-order valence-electron chi connectivity index (χ2n) is 2.72. The Kier molecular flexibility index (Phi) is 3.28. The highest BCUT2D eigenvalue weighted by molar-refractivity contribution is 5.95. The lowest BCUT2D eigenvalue weighted by molar-refractivity contribution is 0.0597. The van der Waals surface area contributed by atoms with Crippen LogP contribution in [0.3, 0.4) is 0 Å². The van der Waals surface area contributed by atoms with Crippen LogP contribution < -0.4 is 4.74 Å². The number of carbonyl (C=O) groups excluding carboxylic acids is 2. The number of methoxy groups -OCH3 is 2. The van der Waals surface area contributed by atoms with Gasteiger partial charge in [-0.2, -0.15) is 0 Å². The first-order valence-electron chi connectivity index (χ1n) is 4.08. The highest BCUT2D eigenvalue weighted by Crippen LogP contribution is 2.27. The number of hydrogen-bond acceptors (Lipinski definition) is 5. The molecule has 0 heterocycles. The van der Waals surface area contributed by atoms with E-state index in [0.29, 0.717) is 6.29 Å². The van der Waals surface area contributed by atoms with Crippen molar-refractivity contribution < 1.29 is 24.2 Å². The fraction of sp³-hybridized carbons (Fsp3) is 0.200. The van der Waals surface area contributed by atoms with E-state index >= 15 is 0 Å². The first-order valence-corrected chi connectivity index (χ1v) is 4.08. The summed E-state index contributed by atoms with van der Waals surface area (Å²) in [6, 6.07) is 2.41. The molecule has 1 rings (SSSR count). The Balaban J connectivity index is 3.34. The molecule has 0 saturated heterocycles. The summed E-state index contributed by atoms with van der Waals surface area (Å²) >= 11 is 0. The number of phenolic OH excluding ortho intramolecular Hbond substituents is 1. The molecule has 0 aromatic heterocycles. The van der Waals surface area contributed by atoms with Gasteiger partial charge in [-0.05, 0) is 6.07 Å². The van der Waals surface area contributed by atoms with Crippen LogP contribution in [0.2, 0.25) is 0 Å². The quantitative estimate of drug-likeness (QED) is 0.595. The fourth-order valence-electron chi connectivity index (χ4n) is 1.12. The maximum Gasteiger partial charge on any atom is 0.341 e. The second kappa shape index (κ2) is 4.45. The number of benzene rings is 1. The van der Waals surface area contributed by atoms with Gasteiger partial charge in [0, 0.05) is 6.07 Å². The minimum absolute atomic E-state index is 0.0104. The molecule has 80 valence electrons. The number of ether oxygens (including phenoxy) is 2. The molecule has 0 radical (unpaired) electrons. The molecule has 1 N–H and O–H groups in total. The summed E-state index contributed by atoms with van der Waals surface area (Å²) in [7, 11) is 2.57. The van der Waals surface area contributed by atoms with E-state index in [4.69, 9.17) is 4.74 Å². The van der Waals surface area contributed by atoms with Crippen LogP contribution in [0, 0.1) is 0 Å². The molecule has 0 spiro atoms. The molecule has 0 bridgehead atoms. The van der Waals surface area contributed by atoms with Crippen molar-refractivity contribution in [2.24, 2.45) is 0 Å². The van der Waals surface area contributed by atoms with Crippen molar-refractivity contribution in [1.29, 1.82) is 0 Å². The van der Waals surface area contributed by atoms with Crippen molar-refractivity contribution >= 4 is 12.3 Å². The van der Waals surface area contributed by atoms with Gasteiger partial charge < -0.3 is 14.6 Å². The van der Waals surface area contributed by atoms with Crippen LogP contribution >= 0.6 is 0 Å². The van der Waals surface area contributed by atoms with Gasteiger partial charge in [0.1, 0.15) is 17.1 Å². The van der Waals surface area contributed by atoms with Gasteiger partial charge in [-0.3, -0.25) is 4.79 Å². The molecule has 5 nitrogen and oxygen atoms in total. The lowest BCUT2D eigenvalue weighted by Crippen LogP contribution is -2.05. The van der Waals surface area contributed by atoms with Gasteiger partial charge in [0.05, 0.1) is 19.8 Å². The molecule has 5 heteroatoms. The van der Waals surface area contributed by atoms with Crippen molar-refractivity contribution in [2.75, 3.05) is 14.2 Å². The third-order valence-electron chi connectivity index (χ3n) is 1.88. The number of carbonyl (C=O) groups is 2. The van der Waals surface area contributed by atoms with Crippen LogP contribution in [0.5, 0.6) is 11.5 Å². The van der Waals surface area contributed by atoms with Crippen molar-refractivity contribution in [1.82, 2.24) is 0 Å². The Morgan fingerprint density at radius 2 is 2.07 bits per heavy atom. The molecule has 0 aliphatic heterocycles. The molecule has 1 aromatic rings. The Morgan fingerprint density at radius 1 is 1.40 bits per heavy atom. The Morgan fingerprint density at radius 3 is 2.53 bits per heavy atom. The van der Waals surface area contributed by atoms with Crippen molar-refractivity contribution in [2.45, 2.75) is 0 Å². The number of aldehydes is 1. The van der Waals surface area contributed by atoms with Crippen molar-refractivity contribution in [3.8, 4) is 11.5 Å². The standard InChI is InChI=1S/C10H10O5/c1-14-9-4-8(12)6(5-11)3-7(9)10(13)15-2/h3-5,12H,1-2H3. The minimum atomic E-state index is -0.630. The van der Waals surface area contributed by atoms with Gasteiger partial charge in [-0.15, -0.1) is 0 Å². The summed E-state index contributed by atoms with van der Waals surface area (Å²) in [4.78, 5) is 21.8. The summed E-state index contributed by atoms with van der Waals surface area (Å²) in [6.45, 7) is 0. The average Bonchev–Trinajstić information content (AvgIpc) is 2.27. The number of hydrogen-bond donors (Lipinski definition) is 1. The Labute approximate surface area is 86.2 Å². The molecule has 0 unspecified atom stereocenters. The molecule has 0 saturated carbocycles. The topological polar surface area (TPSA) is 72.8 Å². The van der Waals surface area contributed by atoms with Gasteiger partial charge in [0.25, 0.3) is 0 Å². The van der Waals surface area contributed by atoms with E-state index in [9.17, 15) is 14.7 Å². The maximum atomic E-state index is 11.3. The van der Waals surface area contributed by atoms with Crippen LogP contribution in [0.25, 0.3) is 0 Å². The minimum Gasteiger partial charge on any atom is -0.507 e. The lowest BCUT2D eigenvalue weighted by atomic mass is 10.1. The van der Waals surface area contributed by atoms with Crippen LogP contribution in [0.4, 0.5) is 0 Å². The molecule has 0 fully saturated rings. The molecule has 0 aliphatic rings. The highest BCUT2D eigenvalue weighted by Gasteiger charge is 2.16. The van der Waals surface area contributed by atoms with Crippen molar-refractivity contribution in [3.05, 3.63) is 23.3 Å². The van der Waals surface area contributed by atoms with E-state index in [1.165, 1.54) is 26.4 Å². The highest BCUT2D eigenvalue weighted by atomic mass is 16.5. The van der Waals surface area contributed by atoms with Crippen LogP contribution in [0.1, 0.15) is 20.7 Å². The van der Waals surface area contributed by atoms with Gasteiger partial charge in [0.15, 0.2) is 6.29 Å². The Bertz CT molecular complexity index is 397. The number of rotatable bonds is 3. The molecule has 1 aromatic carbocycles. The molecule has 15 heavy (non-hydrogen) atoms. The summed E-state index contributed by atoms with van der Waals surface area (Å²) in [5, 5.41) is 9.34. The van der Waals surface area contributed by atoms with Gasteiger partial charge >= 0.3 is 5.97 Å². The largest absolute Gasteiger partial charge is 0.507 e. The van der Waals surface area contributed by atoms with Crippen LogP contribution in [-0.2, 0) is 4.74 Å². The van der Waals surface area contributed by atoms with E-state index in [-0.39, 0.29) is 22.6 Å². The summed E-state index contributed by atoms with van der Waals surface area (Å²) in [5.41, 5.74) is 0.108. The summed E-state index contributed by atoms with van der Waals surface area (Å²) < 4.78 is 9.37. The zero-order chi connectivity index (χ0) is 11.4. The van der Waals surface area contributed by atoms with Crippen LogP contribution in [0.15, 0.2) is 12.1 Å². The van der Waals surface area contributed by atoms with E-state index in [1.54, 1.807) is 0 Å². The number of phenols is 1. The molecular formula is C10H10O5. The van der Waals surface area contributed by atoms with Gasteiger partial charge in [-0.1, -0.05) is 0 Å². The molecule has 0 aliphatic carbocycles. The zero-order valence-corrected chi connectivity index (χ0v) is 8.31. The van der Waals surface area contributed by atoms with Crippen molar-refractivity contribution in [3.63, 3.8) is 0 Å². The first kappa shape index (κ1) is 11.0. The number of esters is 1. The Hall–Kier alpha value is -2.04. The second-order valence-corrected chi connectivity index (χ2v) is 2.72. The molecule has 0 amide bonds. The molecular weight excluding hydrogens is 200 g/mol. The maximum absolute atomic E-state index is 11.3. The predicted molar refractivity (Wildman–Crippen MR) is 51.4 cm³/mol. The SMILES string of the molecule is COC(=O)c1cc(C=O)c(O)cc1OC. The normalized spacial score (nSPS) is 9.47. The van der Waals surface area contributed by atoms with E-state index in [2.05, 4.69) is 4.74 Å². The third kappa shape index (κ3) is 2.07. The summed E-state index contributed by atoms with van der Waals surface area (Å²) in [6.07, 6.45) is 0.446. The number of aromatic hydroxyl groups is 1. The van der Waals surface area contributed by atoms with Gasteiger partial charge in [0.2, 0.25) is 0 Å². The van der Waals surface area contributed by atoms with E-state index in [0.717, 1.165) is 0 Å². The fourth-order valence-corrected chi connectivity index (χ4v) is 1.12. The van der Waals surface area contributed by atoms with Gasteiger partial charge in [-0.25, -0.2) is 4.79 Å². The smallest absolute Gasteiger partial charge is 0.341 e. The molecule has 0 atom stereocenters. The summed E-state index contributed by atoms with van der Waals surface area (Å²) in [5.74, 6) is -0.714. The lowest BCUT2D eigenvalue weighted by Gasteiger charge is -2.08. The third-order valence-corrected chi connectivity index (χ3v) is 1.88. The predicted octanol–water partition coefficient (Wildman–Crippen LogP) is 1.000.